The van der Waals surface area contributed by atoms with Gasteiger partial charge in [-0.1, -0.05) is 23.7 Å². The zero-order valence-corrected chi connectivity index (χ0v) is 14.3. The number of halogens is 1. The molecule has 2 aliphatic rings. The number of anilines is 1. The van der Waals surface area contributed by atoms with Crippen molar-refractivity contribution in [3.8, 4) is 0 Å². The van der Waals surface area contributed by atoms with Crippen molar-refractivity contribution < 1.29 is 14.3 Å². The van der Waals surface area contributed by atoms with Gasteiger partial charge in [0.15, 0.2) is 5.78 Å². The number of fused-ring (bicyclic) bond motifs is 1. The molecule has 0 fully saturated rings. The van der Waals surface area contributed by atoms with Crippen molar-refractivity contribution in [3.05, 3.63) is 57.9 Å². The van der Waals surface area contributed by atoms with E-state index in [0.717, 1.165) is 24.1 Å². The second-order valence-corrected chi connectivity index (χ2v) is 6.53. The normalized spacial score (nSPS) is 19.1. The number of carbonyl (C=O) groups excluding carboxylic acids is 2. The molecule has 4 rings (SSSR count). The largest absolute Gasteiger partial charge is 0.465 e. The molecule has 128 valence electrons. The van der Waals surface area contributed by atoms with Crippen LogP contribution in [0.1, 0.15) is 41.2 Å². The average Bonchev–Trinajstić information content (AvgIpc) is 3.03. The number of ether oxygens (including phenoxy) is 1. The maximum absolute atomic E-state index is 12.6. The minimum Gasteiger partial charge on any atom is -0.465 e. The van der Waals surface area contributed by atoms with Crippen molar-refractivity contribution in [2.75, 3.05) is 12.4 Å². The number of nitrogens with one attached hydrogen (secondary N) is 1. The first kappa shape index (κ1) is 15.9. The molecule has 0 saturated heterocycles. The van der Waals surface area contributed by atoms with Gasteiger partial charge in [-0.2, -0.15) is 5.10 Å². The Balaban J connectivity index is 1.93. The van der Waals surface area contributed by atoms with Crippen LogP contribution in [0.3, 0.4) is 0 Å². The third-order valence-electron chi connectivity index (χ3n) is 4.61. The number of esters is 1. The van der Waals surface area contributed by atoms with Gasteiger partial charge in [0.25, 0.3) is 0 Å². The molecule has 2 aromatic rings. The number of allylic oxidation sites excluding steroid dienone is 2. The molecular formula is C18H16ClN3O3. The van der Waals surface area contributed by atoms with Gasteiger partial charge in [0, 0.05) is 22.7 Å². The van der Waals surface area contributed by atoms with E-state index in [2.05, 4.69) is 10.4 Å². The molecule has 0 radical (unpaired) electrons. The van der Waals surface area contributed by atoms with Crippen molar-refractivity contribution >= 4 is 29.2 Å². The third kappa shape index (κ3) is 2.53. The number of nitrogens with zero attached hydrogens (tertiary/aromatic N) is 2. The van der Waals surface area contributed by atoms with Gasteiger partial charge in [-0.3, -0.25) is 4.79 Å². The maximum atomic E-state index is 12.6. The van der Waals surface area contributed by atoms with Crippen molar-refractivity contribution in [1.29, 1.82) is 0 Å². The molecule has 25 heavy (non-hydrogen) atoms. The quantitative estimate of drug-likeness (QED) is 0.834. The van der Waals surface area contributed by atoms with Crippen molar-refractivity contribution in [2.24, 2.45) is 0 Å². The monoisotopic (exact) mass is 357 g/mol. The minimum absolute atomic E-state index is 0.0968. The fraction of sp³-hybridized carbons (Fsp3) is 0.278. The van der Waals surface area contributed by atoms with Crippen LogP contribution in [0.4, 0.5) is 5.82 Å². The zero-order chi connectivity index (χ0) is 17.6. The summed E-state index contributed by atoms with van der Waals surface area (Å²) in [5, 5.41) is 8.18. The van der Waals surface area contributed by atoms with Gasteiger partial charge in [0.1, 0.15) is 17.4 Å². The predicted molar refractivity (Wildman–Crippen MR) is 92.7 cm³/mol. The highest BCUT2D eigenvalue weighted by atomic mass is 35.5. The Bertz CT molecular complexity index is 916. The van der Waals surface area contributed by atoms with Crippen LogP contribution in [0.15, 0.2) is 41.7 Å². The van der Waals surface area contributed by atoms with Crippen LogP contribution in [0.5, 0.6) is 0 Å². The molecule has 0 unspecified atom stereocenters. The molecule has 1 aliphatic carbocycles. The van der Waals surface area contributed by atoms with E-state index in [4.69, 9.17) is 16.3 Å². The van der Waals surface area contributed by atoms with E-state index < -0.39 is 12.0 Å². The molecule has 0 bridgehead atoms. The van der Waals surface area contributed by atoms with Gasteiger partial charge in [0.2, 0.25) is 0 Å². The summed E-state index contributed by atoms with van der Waals surface area (Å²) >= 11 is 6.16. The molecule has 1 aromatic carbocycles. The van der Waals surface area contributed by atoms with Crippen LogP contribution in [0, 0.1) is 0 Å². The lowest BCUT2D eigenvalue weighted by Gasteiger charge is -2.33. The Morgan fingerprint density at radius 3 is 3.00 bits per heavy atom. The third-order valence-corrected chi connectivity index (χ3v) is 4.84. The Morgan fingerprint density at radius 2 is 2.24 bits per heavy atom. The first-order chi connectivity index (χ1) is 12.1. The van der Waals surface area contributed by atoms with E-state index in [1.807, 2.05) is 18.2 Å². The number of hydrogen-bond donors (Lipinski definition) is 1. The number of methoxy groups -OCH3 is 1. The van der Waals surface area contributed by atoms with Crippen molar-refractivity contribution in [1.82, 2.24) is 9.78 Å². The van der Waals surface area contributed by atoms with Gasteiger partial charge in [-0.25, -0.2) is 9.48 Å². The summed E-state index contributed by atoms with van der Waals surface area (Å²) in [6, 6.07) is 6.97. The second-order valence-electron chi connectivity index (χ2n) is 6.09. The Kier molecular flexibility index (Phi) is 3.84. The summed E-state index contributed by atoms with van der Waals surface area (Å²) in [4.78, 5) is 24.7. The number of carbonyl (C=O) groups is 2. The van der Waals surface area contributed by atoms with Crippen LogP contribution < -0.4 is 5.32 Å². The molecule has 6 nitrogen and oxygen atoms in total. The number of benzene rings is 1. The Labute approximate surface area is 149 Å². The number of hydrogen-bond acceptors (Lipinski definition) is 5. The molecule has 1 atom stereocenters. The van der Waals surface area contributed by atoms with Crippen LogP contribution >= 0.6 is 11.6 Å². The summed E-state index contributed by atoms with van der Waals surface area (Å²) < 4.78 is 6.51. The van der Waals surface area contributed by atoms with E-state index in [0.29, 0.717) is 28.4 Å². The van der Waals surface area contributed by atoms with Crippen LogP contribution in [0.25, 0.3) is 0 Å². The van der Waals surface area contributed by atoms with E-state index >= 15 is 0 Å². The standard InChI is InChI=1S/C18H16ClN3O3/c1-25-18(24)12-9-20-22-16(10-4-2-5-11(19)8-10)15-13(21-17(12)22)6-3-7-14(15)23/h2,4-5,8-9,16,21H,3,6-7H2,1H3/t16-/m1/s1. The first-order valence-corrected chi connectivity index (χ1v) is 8.42. The average molecular weight is 358 g/mol. The lowest BCUT2D eigenvalue weighted by atomic mass is 9.85. The molecule has 1 N–H and O–H groups in total. The summed E-state index contributed by atoms with van der Waals surface area (Å²) in [7, 11) is 1.33. The lowest BCUT2D eigenvalue weighted by molar-refractivity contribution is -0.116. The molecular weight excluding hydrogens is 342 g/mol. The molecule has 1 aromatic heterocycles. The summed E-state index contributed by atoms with van der Waals surface area (Å²) in [6.45, 7) is 0. The number of rotatable bonds is 2. The van der Waals surface area contributed by atoms with Gasteiger partial charge < -0.3 is 10.1 Å². The molecule has 1 aliphatic heterocycles. The Morgan fingerprint density at radius 1 is 1.40 bits per heavy atom. The number of ketones is 1. The van der Waals surface area contributed by atoms with Gasteiger partial charge in [-0.15, -0.1) is 0 Å². The van der Waals surface area contributed by atoms with Crippen molar-refractivity contribution in [2.45, 2.75) is 25.3 Å². The summed E-state index contributed by atoms with van der Waals surface area (Å²) in [5.41, 5.74) is 2.75. The Hall–Kier alpha value is -2.60. The molecule has 0 amide bonds. The van der Waals surface area contributed by atoms with Gasteiger partial charge >= 0.3 is 5.97 Å². The van der Waals surface area contributed by atoms with E-state index in [9.17, 15) is 9.59 Å². The SMILES string of the molecule is COC(=O)c1cnn2c1NC1=C(C(=O)CCC1)[C@H]2c1cccc(Cl)c1. The van der Waals surface area contributed by atoms with Gasteiger partial charge in [0.05, 0.1) is 13.3 Å². The summed E-state index contributed by atoms with van der Waals surface area (Å²) in [5.74, 6) is 0.176. The highest BCUT2D eigenvalue weighted by Gasteiger charge is 2.37. The van der Waals surface area contributed by atoms with Gasteiger partial charge in [-0.05, 0) is 30.5 Å². The van der Waals surface area contributed by atoms with E-state index in [-0.39, 0.29) is 5.78 Å². The zero-order valence-electron chi connectivity index (χ0n) is 13.6. The smallest absolute Gasteiger partial charge is 0.343 e. The number of Topliss-reactive ketones (excluding diaryl/α,β-unsaturated/α-hetero) is 1. The molecule has 0 spiro atoms. The fourth-order valence-electron chi connectivity index (χ4n) is 3.50. The van der Waals surface area contributed by atoms with Crippen LogP contribution in [0.2, 0.25) is 5.02 Å². The maximum Gasteiger partial charge on any atom is 0.343 e. The highest BCUT2D eigenvalue weighted by Crippen LogP contribution is 2.41. The van der Waals surface area contributed by atoms with E-state index in [1.165, 1.54) is 13.3 Å². The first-order valence-electron chi connectivity index (χ1n) is 8.04. The van der Waals surface area contributed by atoms with Crippen LogP contribution in [-0.2, 0) is 9.53 Å². The minimum atomic E-state index is -0.468. The molecule has 7 heteroatoms. The second kappa shape index (κ2) is 6.04. The summed E-state index contributed by atoms with van der Waals surface area (Å²) in [6.07, 6.45) is 3.52. The molecule has 2 heterocycles. The van der Waals surface area contributed by atoms with Crippen molar-refractivity contribution in [3.63, 3.8) is 0 Å². The molecule has 0 saturated carbocycles. The fourth-order valence-corrected chi connectivity index (χ4v) is 3.70. The highest BCUT2D eigenvalue weighted by molar-refractivity contribution is 6.30. The predicted octanol–water partition coefficient (Wildman–Crippen LogP) is 3.35. The van der Waals surface area contributed by atoms with Crippen LogP contribution in [-0.4, -0.2) is 28.6 Å². The van der Waals surface area contributed by atoms with E-state index in [1.54, 1.807) is 10.7 Å². The lowest BCUT2D eigenvalue weighted by Crippen LogP contribution is -2.31. The topological polar surface area (TPSA) is 73.2 Å². The number of aromatic nitrogens is 2.